The lowest BCUT2D eigenvalue weighted by atomic mass is 9.85. The van der Waals surface area contributed by atoms with Gasteiger partial charge in [-0.25, -0.2) is 4.39 Å². The number of carboxylic acid groups (broad SMARTS) is 1. The summed E-state index contributed by atoms with van der Waals surface area (Å²) in [7, 11) is 0. The summed E-state index contributed by atoms with van der Waals surface area (Å²) in [5.74, 6) is -1.14. The van der Waals surface area contributed by atoms with E-state index < -0.39 is 11.8 Å². The normalized spacial score (nSPS) is 22.0. The molecule has 0 aliphatic heterocycles. The van der Waals surface area contributed by atoms with E-state index in [1.165, 1.54) is 25.0 Å². The summed E-state index contributed by atoms with van der Waals surface area (Å²) >= 11 is 0. The van der Waals surface area contributed by atoms with E-state index in [1.807, 2.05) is 4.90 Å². The van der Waals surface area contributed by atoms with Gasteiger partial charge in [-0.15, -0.1) is 0 Å². The van der Waals surface area contributed by atoms with Gasteiger partial charge in [0.15, 0.2) is 11.6 Å². The Kier molecular flexibility index (Phi) is 5.76. The fourth-order valence-electron chi connectivity index (χ4n) is 3.39. The van der Waals surface area contributed by atoms with Crippen LogP contribution in [0.4, 0.5) is 4.39 Å². The molecule has 0 unspecified atom stereocenters. The number of aliphatic carboxylic acids is 1. The van der Waals surface area contributed by atoms with Gasteiger partial charge < -0.3 is 15.2 Å². The number of nitrogens with one attached hydrogen (secondary N) is 1. The second kappa shape index (κ2) is 8.03. The molecule has 3 rings (SSSR count). The summed E-state index contributed by atoms with van der Waals surface area (Å²) in [6, 6.07) is 4.45. The number of ether oxygens (including phenoxy) is 1. The average molecular weight is 364 g/mol. The number of halogens is 1. The molecule has 1 aromatic rings. The first-order chi connectivity index (χ1) is 12.5. The molecule has 0 saturated heterocycles. The lowest BCUT2D eigenvalue weighted by Crippen LogP contribution is -2.55. The van der Waals surface area contributed by atoms with Gasteiger partial charge in [-0.1, -0.05) is 6.07 Å². The molecule has 142 valence electrons. The van der Waals surface area contributed by atoms with Gasteiger partial charge in [-0.3, -0.25) is 14.5 Å². The standard InChI is InChI=1S/C19H25FN2O4/c1-2-26-18-15(4-3-5-16(18)20)19(25)21-13-8-14(9-13)22(11-17(23)24)10-12-6-7-12/h3-5,12-14H,2,6-11H2,1H3,(H,21,25)(H,23,24). The third-order valence-corrected chi connectivity index (χ3v) is 4.99. The Balaban J connectivity index is 1.55. The van der Waals surface area contributed by atoms with Crippen LogP contribution >= 0.6 is 0 Å². The molecule has 2 saturated carbocycles. The zero-order chi connectivity index (χ0) is 18.7. The van der Waals surface area contributed by atoms with Gasteiger partial charge in [-0.2, -0.15) is 0 Å². The summed E-state index contributed by atoms with van der Waals surface area (Å²) < 4.78 is 19.1. The highest BCUT2D eigenvalue weighted by Gasteiger charge is 2.38. The minimum absolute atomic E-state index is 0.0235. The number of carbonyl (C=O) groups excluding carboxylic acids is 1. The summed E-state index contributed by atoms with van der Waals surface area (Å²) in [6.45, 7) is 2.87. The quantitative estimate of drug-likeness (QED) is 0.703. The Morgan fingerprint density at radius 1 is 1.35 bits per heavy atom. The van der Waals surface area contributed by atoms with Crippen molar-refractivity contribution in [3.8, 4) is 5.75 Å². The van der Waals surface area contributed by atoms with E-state index in [9.17, 15) is 14.0 Å². The highest BCUT2D eigenvalue weighted by molar-refractivity contribution is 5.97. The van der Waals surface area contributed by atoms with Crippen molar-refractivity contribution < 1.29 is 23.8 Å². The fraction of sp³-hybridized carbons (Fsp3) is 0.579. The van der Waals surface area contributed by atoms with E-state index in [0.29, 0.717) is 18.8 Å². The topological polar surface area (TPSA) is 78.9 Å². The number of nitrogens with zero attached hydrogens (tertiary/aromatic N) is 1. The highest BCUT2D eigenvalue weighted by Crippen LogP contribution is 2.34. The van der Waals surface area contributed by atoms with Crippen LogP contribution in [0.15, 0.2) is 18.2 Å². The molecule has 2 N–H and O–H groups in total. The van der Waals surface area contributed by atoms with Crippen LogP contribution in [0.2, 0.25) is 0 Å². The van der Waals surface area contributed by atoms with Crippen LogP contribution in [-0.4, -0.2) is 53.7 Å². The van der Waals surface area contributed by atoms with Crippen molar-refractivity contribution in [3.05, 3.63) is 29.6 Å². The van der Waals surface area contributed by atoms with E-state index in [1.54, 1.807) is 13.0 Å². The Morgan fingerprint density at radius 2 is 2.08 bits per heavy atom. The molecule has 0 aromatic heterocycles. The molecule has 6 nitrogen and oxygen atoms in total. The van der Waals surface area contributed by atoms with Crippen molar-refractivity contribution in [1.29, 1.82) is 0 Å². The SMILES string of the molecule is CCOc1c(F)cccc1C(=O)NC1CC(N(CC(=O)O)CC2CC2)C1. The molecule has 7 heteroatoms. The fourth-order valence-corrected chi connectivity index (χ4v) is 3.39. The van der Waals surface area contributed by atoms with E-state index in [0.717, 1.165) is 6.54 Å². The maximum absolute atomic E-state index is 13.9. The summed E-state index contributed by atoms with van der Waals surface area (Å²) in [5.41, 5.74) is 0.190. The van der Waals surface area contributed by atoms with Gasteiger partial charge in [-0.05, 0) is 50.7 Å². The zero-order valence-electron chi connectivity index (χ0n) is 14.9. The van der Waals surface area contributed by atoms with Crippen molar-refractivity contribution in [2.24, 2.45) is 5.92 Å². The van der Waals surface area contributed by atoms with Crippen LogP contribution in [0.1, 0.15) is 43.0 Å². The monoisotopic (exact) mass is 364 g/mol. The molecule has 0 bridgehead atoms. The van der Waals surface area contributed by atoms with Gasteiger partial charge in [0.1, 0.15) is 0 Å². The second-order valence-electron chi connectivity index (χ2n) is 7.11. The lowest BCUT2D eigenvalue weighted by molar-refractivity contribution is -0.139. The van der Waals surface area contributed by atoms with Crippen molar-refractivity contribution >= 4 is 11.9 Å². The van der Waals surface area contributed by atoms with E-state index in [-0.39, 0.29) is 42.5 Å². The van der Waals surface area contributed by atoms with E-state index >= 15 is 0 Å². The first kappa shape index (κ1) is 18.6. The second-order valence-corrected chi connectivity index (χ2v) is 7.11. The molecule has 0 radical (unpaired) electrons. The van der Waals surface area contributed by atoms with Crippen LogP contribution in [0.25, 0.3) is 0 Å². The number of para-hydroxylation sites is 1. The molecule has 0 atom stereocenters. The molecule has 26 heavy (non-hydrogen) atoms. The third kappa shape index (κ3) is 4.52. The molecular weight excluding hydrogens is 339 g/mol. The average Bonchev–Trinajstić information content (AvgIpc) is 3.35. The van der Waals surface area contributed by atoms with Crippen LogP contribution in [0.3, 0.4) is 0 Å². The van der Waals surface area contributed by atoms with Gasteiger partial charge >= 0.3 is 5.97 Å². The van der Waals surface area contributed by atoms with Gasteiger partial charge in [0.25, 0.3) is 5.91 Å². The van der Waals surface area contributed by atoms with Gasteiger partial charge in [0, 0.05) is 18.6 Å². The molecule has 1 aromatic carbocycles. The van der Waals surface area contributed by atoms with Crippen molar-refractivity contribution in [2.75, 3.05) is 19.7 Å². The van der Waals surface area contributed by atoms with Crippen LogP contribution < -0.4 is 10.1 Å². The largest absolute Gasteiger partial charge is 0.490 e. The number of rotatable bonds is 9. The predicted molar refractivity (Wildman–Crippen MR) is 93.8 cm³/mol. The number of carboxylic acids is 1. The van der Waals surface area contributed by atoms with Crippen molar-refractivity contribution in [3.63, 3.8) is 0 Å². The molecule has 2 fully saturated rings. The number of benzene rings is 1. The number of carbonyl (C=O) groups is 2. The van der Waals surface area contributed by atoms with Gasteiger partial charge in [0.05, 0.1) is 18.7 Å². The first-order valence-electron chi connectivity index (χ1n) is 9.16. The van der Waals surface area contributed by atoms with Crippen LogP contribution in [-0.2, 0) is 4.79 Å². The van der Waals surface area contributed by atoms with Crippen molar-refractivity contribution in [1.82, 2.24) is 10.2 Å². The zero-order valence-corrected chi connectivity index (χ0v) is 14.9. The number of hydrogen-bond acceptors (Lipinski definition) is 4. The highest BCUT2D eigenvalue weighted by atomic mass is 19.1. The van der Waals surface area contributed by atoms with Crippen molar-refractivity contribution in [2.45, 2.75) is 44.7 Å². The molecule has 1 amide bonds. The third-order valence-electron chi connectivity index (χ3n) is 4.99. The Labute approximate surface area is 152 Å². The maximum atomic E-state index is 13.9. The van der Waals surface area contributed by atoms with Gasteiger partial charge in [0.2, 0.25) is 0 Å². The molecule has 0 heterocycles. The maximum Gasteiger partial charge on any atom is 0.317 e. The summed E-state index contributed by atoms with van der Waals surface area (Å²) in [5, 5.41) is 12.0. The van der Waals surface area contributed by atoms with E-state index in [2.05, 4.69) is 5.32 Å². The molecular formula is C19H25FN2O4. The minimum Gasteiger partial charge on any atom is -0.490 e. The summed E-state index contributed by atoms with van der Waals surface area (Å²) in [6.07, 6.45) is 3.77. The molecule has 2 aliphatic carbocycles. The smallest absolute Gasteiger partial charge is 0.317 e. The van der Waals surface area contributed by atoms with Crippen LogP contribution in [0, 0.1) is 11.7 Å². The lowest BCUT2D eigenvalue weighted by Gasteiger charge is -2.42. The first-order valence-corrected chi connectivity index (χ1v) is 9.16. The molecule has 2 aliphatic rings. The Hall–Kier alpha value is -2.15. The minimum atomic E-state index is -0.820. The number of amides is 1. The molecule has 0 spiro atoms. The summed E-state index contributed by atoms with van der Waals surface area (Å²) in [4.78, 5) is 25.6. The Morgan fingerprint density at radius 3 is 2.69 bits per heavy atom. The number of hydrogen-bond donors (Lipinski definition) is 2. The predicted octanol–water partition coefficient (Wildman–Crippen LogP) is 2.28. The van der Waals surface area contributed by atoms with Crippen LogP contribution in [0.5, 0.6) is 5.75 Å². The Bertz CT molecular complexity index is 672. The van der Waals surface area contributed by atoms with E-state index in [4.69, 9.17) is 9.84 Å².